The molecular formula is C33H34NO6S+. The van der Waals surface area contributed by atoms with Crippen LogP contribution >= 0.6 is 0 Å². The van der Waals surface area contributed by atoms with Gasteiger partial charge in [0.25, 0.3) is 10.1 Å². The highest BCUT2D eigenvalue weighted by Crippen LogP contribution is 2.35. The van der Waals surface area contributed by atoms with Gasteiger partial charge in [-0.1, -0.05) is 48.5 Å². The van der Waals surface area contributed by atoms with Crippen LogP contribution in [0.4, 0.5) is 5.69 Å². The van der Waals surface area contributed by atoms with Crippen LogP contribution in [-0.2, 0) is 16.7 Å². The molecule has 0 saturated carbocycles. The van der Waals surface area contributed by atoms with Crippen molar-refractivity contribution in [3.05, 3.63) is 107 Å². The fourth-order valence-electron chi connectivity index (χ4n) is 5.87. The molecule has 0 spiro atoms. The van der Waals surface area contributed by atoms with Gasteiger partial charge in [0.2, 0.25) is 0 Å². The summed E-state index contributed by atoms with van der Waals surface area (Å²) in [5, 5.41) is 10.5. The molecule has 4 aromatic carbocycles. The predicted molar refractivity (Wildman–Crippen MR) is 160 cm³/mol. The first-order valence-corrected chi connectivity index (χ1v) is 15.1. The van der Waals surface area contributed by atoms with Crippen LogP contribution in [-0.4, -0.2) is 44.1 Å². The summed E-state index contributed by atoms with van der Waals surface area (Å²) in [5.74, 6) is -1.28. The summed E-state index contributed by atoms with van der Waals surface area (Å²) in [6, 6.07) is 26.2. The molecule has 7 nitrogen and oxygen atoms in total. The van der Waals surface area contributed by atoms with Gasteiger partial charge in [-0.15, -0.1) is 0 Å². The Kier molecular flexibility index (Phi) is 8.00. The van der Waals surface area contributed by atoms with Crippen molar-refractivity contribution in [2.45, 2.75) is 37.6 Å². The van der Waals surface area contributed by atoms with Crippen molar-refractivity contribution in [3.8, 4) is 22.6 Å². The van der Waals surface area contributed by atoms with Crippen molar-refractivity contribution >= 4 is 21.6 Å². The summed E-state index contributed by atoms with van der Waals surface area (Å²) in [6.45, 7) is 5.08. The van der Waals surface area contributed by atoms with Gasteiger partial charge in [0, 0.05) is 17.2 Å². The average Bonchev–Trinajstić information content (AvgIpc) is 2.98. The molecule has 1 saturated heterocycles. The first-order valence-electron chi connectivity index (χ1n) is 13.7. The van der Waals surface area contributed by atoms with Crippen LogP contribution in [0.1, 0.15) is 46.3 Å². The van der Waals surface area contributed by atoms with Gasteiger partial charge in [0.15, 0.2) is 5.78 Å². The summed E-state index contributed by atoms with van der Waals surface area (Å²) < 4.78 is 39.3. The number of para-hydroxylation sites is 1. The highest BCUT2D eigenvalue weighted by Gasteiger charge is 2.33. The van der Waals surface area contributed by atoms with E-state index < -0.39 is 26.5 Å². The van der Waals surface area contributed by atoms with Crippen molar-refractivity contribution in [2.24, 2.45) is 0 Å². The van der Waals surface area contributed by atoms with Crippen LogP contribution < -0.4 is 9.22 Å². The smallest absolute Gasteiger partial charge is 0.298 e. The lowest BCUT2D eigenvalue weighted by Gasteiger charge is -2.41. The van der Waals surface area contributed by atoms with E-state index in [1.165, 1.54) is 37.6 Å². The minimum atomic E-state index is -4.69. The Hall–Kier alpha value is -3.98. The molecule has 41 heavy (non-hydrogen) atoms. The maximum atomic E-state index is 13.5. The van der Waals surface area contributed by atoms with E-state index in [1.54, 1.807) is 18.2 Å². The molecule has 5 rings (SSSR count). The number of aromatic hydroxyl groups is 1. The maximum absolute atomic E-state index is 13.5. The number of phenols is 1. The zero-order valence-electron chi connectivity index (χ0n) is 23.2. The number of carbonyl (C=O) groups is 1. The Morgan fingerprint density at radius 3 is 2.32 bits per heavy atom. The molecule has 0 aliphatic carbocycles. The number of hydrogen-bond donors (Lipinski definition) is 2. The number of rotatable bonds is 8. The average molecular weight is 573 g/mol. The number of nitrogens with zero attached hydrogens (tertiary/aromatic N) is 1. The Bertz CT molecular complexity index is 1690. The monoisotopic (exact) mass is 572 g/mol. The van der Waals surface area contributed by atoms with Crippen molar-refractivity contribution in [1.82, 2.24) is 4.48 Å². The Morgan fingerprint density at radius 1 is 0.902 bits per heavy atom. The number of aryl methyl sites for hydroxylation is 1. The third-order valence-corrected chi connectivity index (χ3v) is 8.88. The predicted octanol–water partition coefficient (Wildman–Crippen LogP) is 6.55. The second-order valence-corrected chi connectivity index (χ2v) is 12.1. The number of methoxy groups -OCH3 is 1. The van der Waals surface area contributed by atoms with Gasteiger partial charge in [-0.3, -0.25) is 13.8 Å². The molecule has 8 heteroatoms. The molecule has 0 radical (unpaired) electrons. The quantitative estimate of drug-likeness (QED) is 0.141. The zero-order chi connectivity index (χ0) is 29.2. The van der Waals surface area contributed by atoms with Gasteiger partial charge in [0.05, 0.1) is 25.8 Å². The highest BCUT2D eigenvalue weighted by molar-refractivity contribution is 7.86. The number of hydrogen-bond acceptors (Lipinski definition) is 5. The Labute approximate surface area is 241 Å². The van der Waals surface area contributed by atoms with Crippen LogP contribution in [0.15, 0.2) is 89.8 Å². The van der Waals surface area contributed by atoms with E-state index in [9.17, 15) is 22.9 Å². The molecule has 0 unspecified atom stereocenters. The van der Waals surface area contributed by atoms with Crippen LogP contribution in [0.3, 0.4) is 0 Å². The molecule has 4 aromatic rings. The van der Waals surface area contributed by atoms with Gasteiger partial charge >= 0.3 is 0 Å². The lowest BCUT2D eigenvalue weighted by Crippen LogP contribution is -2.52. The molecule has 2 N–H and O–H groups in total. The lowest BCUT2D eigenvalue weighted by molar-refractivity contribution is 0.103. The number of likely N-dealkylation sites (tertiary alicyclic amines) is 1. The zero-order valence-corrected chi connectivity index (χ0v) is 24.0. The molecule has 0 atom stereocenters. The molecule has 0 bridgehead atoms. The summed E-state index contributed by atoms with van der Waals surface area (Å²) in [6.07, 6.45) is 3.63. The van der Waals surface area contributed by atoms with E-state index in [0.29, 0.717) is 0 Å². The molecule has 1 fully saturated rings. The molecule has 1 heterocycles. The van der Waals surface area contributed by atoms with E-state index in [0.717, 1.165) is 52.9 Å². The van der Waals surface area contributed by atoms with E-state index in [-0.39, 0.29) is 16.9 Å². The first kappa shape index (κ1) is 28.5. The van der Waals surface area contributed by atoms with Gasteiger partial charge in [-0.25, -0.2) is 0 Å². The Morgan fingerprint density at radius 2 is 1.63 bits per heavy atom. The number of phenolic OH excluding ortho intramolecular Hbond substituents is 1. The SMILES string of the molecule is COc1cc(O)c(C(=O)c2cccc(-c3cc(C[N+]4(c5ccccc5)CCCCC4)ccc3C)c2)cc1S(=O)(=O)O. The number of ether oxygens (including phenoxy) is 1. The van der Waals surface area contributed by atoms with E-state index in [2.05, 4.69) is 48.5 Å². The molecule has 1 aliphatic heterocycles. The highest BCUT2D eigenvalue weighted by atomic mass is 32.2. The fourth-order valence-corrected chi connectivity index (χ4v) is 6.54. The Balaban J connectivity index is 1.50. The number of ketones is 1. The van der Waals surface area contributed by atoms with Gasteiger partial charge in [0.1, 0.15) is 28.6 Å². The summed E-state index contributed by atoms with van der Waals surface area (Å²) in [4.78, 5) is 12.9. The fraction of sp³-hybridized carbons (Fsp3) is 0.242. The second kappa shape index (κ2) is 11.5. The maximum Gasteiger partial charge on any atom is 0.298 e. The van der Waals surface area contributed by atoms with Gasteiger partial charge in [-0.05, 0) is 73.2 Å². The number of benzene rings is 4. The minimum absolute atomic E-state index is 0.250. The molecule has 0 amide bonds. The number of carbonyl (C=O) groups excluding carboxylic acids is 1. The molecule has 212 valence electrons. The second-order valence-electron chi connectivity index (χ2n) is 10.7. The van der Waals surface area contributed by atoms with Gasteiger partial charge in [-0.2, -0.15) is 8.42 Å². The first-order chi connectivity index (χ1) is 19.6. The third kappa shape index (κ3) is 5.91. The topological polar surface area (TPSA) is 101 Å². The molecule has 0 aromatic heterocycles. The summed E-state index contributed by atoms with van der Waals surface area (Å²) in [5.41, 5.74) is 5.45. The van der Waals surface area contributed by atoms with E-state index in [4.69, 9.17) is 4.74 Å². The standard InChI is InChI=1S/C33H33NO6S/c1-23-14-15-24(22-34(16-7-4-8-17-34)27-12-5-3-6-13-27)18-28(23)25-10-9-11-26(19-25)33(36)29-20-32(41(37,38)39)31(40-2)21-30(29)35/h3,5-6,9-15,18-21H,4,7-8,16-17,22H2,1-2H3,(H-,35,36,37,38,39)/p+1. The number of quaternary nitrogens is 1. The van der Waals surface area contributed by atoms with Crippen LogP contribution in [0.25, 0.3) is 11.1 Å². The van der Waals surface area contributed by atoms with Crippen LogP contribution in [0.2, 0.25) is 0 Å². The lowest BCUT2D eigenvalue weighted by atomic mass is 9.93. The van der Waals surface area contributed by atoms with E-state index in [1.807, 2.05) is 13.0 Å². The minimum Gasteiger partial charge on any atom is -0.507 e. The normalized spacial score (nSPS) is 14.9. The van der Waals surface area contributed by atoms with Crippen molar-refractivity contribution in [2.75, 3.05) is 20.2 Å². The summed E-state index contributed by atoms with van der Waals surface area (Å²) >= 11 is 0. The number of piperidine rings is 1. The van der Waals surface area contributed by atoms with E-state index >= 15 is 0 Å². The van der Waals surface area contributed by atoms with Crippen molar-refractivity contribution < 1.29 is 27.6 Å². The van der Waals surface area contributed by atoms with Gasteiger partial charge < -0.3 is 9.84 Å². The largest absolute Gasteiger partial charge is 0.507 e. The summed E-state index contributed by atoms with van der Waals surface area (Å²) in [7, 11) is -3.48. The van der Waals surface area contributed by atoms with Crippen molar-refractivity contribution in [3.63, 3.8) is 0 Å². The van der Waals surface area contributed by atoms with Crippen LogP contribution in [0, 0.1) is 6.92 Å². The molecular weight excluding hydrogens is 538 g/mol. The third-order valence-electron chi connectivity index (χ3n) is 8.00. The van der Waals surface area contributed by atoms with Crippen LogP contribution in [0.5, 0.6) is 11.5 Å². The van der Waals surface area contributed by atoms with Crippen molar-refractivity contribution in [1.29, 1.82) is 0 Å². The molecule has 1 aliphatic rings.